The summed E-state index contributed by atoms with van der Waals surface area (Å²) in [5.41, 5.74) is 1.11. The molecule has 1 aromatic heterocycles. The number of hydrogen-bond acceptors (Lipinski definition) is 2. The van der Waals surface area contributed by atoms with Crippen molar-refractivity contribution in [3.63, 3.8) is 0 Å². The van der Waals surface area contributed by atoms with Crippen molar-refractivity contribution in [2.45, 2.75) is 13.1 Å². The van der Waals surface area contributed by atoms with Crippen molar-refractivity contribution < 1.29 is 0 Å². The molecule has 0 spiro atoms. The Morgan fingerprint density at radius 1 is 1.18 bits per heavy atom. The van der Waals surface area contributed by atoms with Crippen LogP contribution in [0.15, 0.2) is 38.6 Å². The molecule has 5 heteroatoms. The van der Waals surface area contributed by atoms with Crippen LogP contribution in [0, 0.1) is 0 Å². The molecule has 0 aliphatic rings. The average molecular weight is 396 g/mol. The molecular formula is C12H10Br2ClNS. The second kappa shape index (κ2) is 6.34. The predicted octanol–water partition coefficient (Wildman–Crippen LogP) is 5.22. The summed E-state index contributed by atoms with van der Waals surface area (Å²) in [6.45, 7) is 1.63. The smallest absolute Gasteiger partial charge is 0.0462 e. The van der Waals surface area contributed by atoms with Crippen LogP contribution < -0.4 is 5.32 Å². The van der Waals surface area contributed by atoms with Crippen molar-refractivity contribution in [1.29, 1.82) is 0 Å². The van der Waals surface area contributed by atoms with E-state index in [9.17, 15) is 0 Å². The van der Waals surface area contributed by atoms with E-state index in [1.54, 1.807) is 11.3 Å². The second-order valence-corrected chi connectivity index (χ2v) is 6.71. The van der Waals surface area contributed by atoms with Gasteiger partial charge in [-0.15, -0.1) is 11.3 Å². The van der Waals surface area contributed by atoms with E-state index >= 15 is 0 Å². The molecule has 1 N–H and O–H groups in total. The first-order valence-corrected chi connectivity index (χ1v) is 7.87. The average Bonchev–Trinajstić information content (AvgIpc) is 2.68. The van der Waals surface area contributed by atoms with Crippen molar-refractivity contribution >= 4 is 54.8 Å². The van der Waals surface area contributed by atoms with Crippen LogP contribution in [-0.2, 0) is 13.1 Å². The van der Waals surface area contributed by atoms with Gasteiger partial charge in [0, 0.05) is 31.9 Å². The van der Waals surface area contributed by atoms with Gasteiger partial charge >= 0.3 is 0 Å². The molecule has 0 saturated heterocycles. The van der Waals surface area contributed by atoms with Crippen LogP contribution in [0.1, 0.15) is 10.4 Å². The third-order valence-electron chi connectivity index (χ3n) is 2.31. The quantitative estimate of drug-likeness (QED) is 0.749. The maximum absolute atomic E-state index is 6.14. The molecule has 0 fully saturated rings. The summed E-state index contributed by atoms with van der Waals surface area (Å²) in [6, 6.07) is 8.01. The SMILES string of the molecule is Clc1cc(Br)ccc1CNCc1sccc1Br. The van der Waals surface area contributed by atoms with E-state index in [1.165, 1.54) is 4.88 Å². The first kappa shape index (κ1) is 13.6. The van der Waals surface area contributed by atoms with Crippen LogP contribution >= 0.6 is 54.8 Å². The summed E-state index contributed by atoms with van der Waals surface area (Å²) in [5.74, 6) is 0. The Hall–Kier alpha value is 0.130. The molecule has 0 aliphatic heterocycles. The van der Waals surface area contributed by atoms with E-state index in [0.29, 0.717) is 0 Å². The predicted molar refractivity (Wildman–Crippen MR) is 81.7 cm³/mol. The zero-order chi connectivity index (χ0) is 12.3. The third kappa shape index (κ3) is 3.80. The molecule has 0 amide bonds. The molecule has 0 radical (unpaired) electrons. The van der Waals surface area contributed by atoms with Crippen LogP contribution in [0.25, 0.3) is 0 Å². The molecule has 0 aliphatic carbocycles. The van der Waals surface area contributed by atoms with Gasteiger partial charge < -0.3 is 5.32 Å². The van der Waals surface area contributed by atoms with Gasteiger partial charge in [0.25, 0.3) is 0 Å². The molecule has 2 aromatic rings. The fourth-order valence-corrected chi connectivity index (χ4v) is 3.63. The lowest BCUT2D eigenvalue weighted by atomic mass is 10.2. The lowest BCUT2D eigenvalue weighted by molar-refractivity contribution is 0.699. The van der Waals surface area contributed by atoms with E-state index in [4.69, 9.17) is 11.6 Å². The Morgan fingerprint density at radius 2 is 2.00 bits per heavy atom. The summed E-state index contributed by atoms with van der Waals surface area (Å²) >= 11 is 14.8. The summed E-state index contributed by atoms with van der Waals surface area (Å²) < 4.78 is 2.17. The highest BCUT2D eigenvalue weighted by molar-refractivity contribution is 9.10. The highest BCUT2D eigenvalue weighted by Crippen LogP contribution is 2.23. The van der Waals surface area contributed by atoms with E-state index in [0.717, 1.165) is 32.6 Å². The molecule has 0 unspecified atom stereocenters. The van der Waals surface area contributed by atoms with Crippen LogP contribution in [0.4, 0.5) is 0 Å². The normalized spacial score (nSPS) is 10.8. The lowest BCUT2D eigenvalue weighted by Crippen LogP contribution is -2.12. The molecule has 90 valence electrons. The minimum Gasteiger partial charge on any atom is -0.308 e. The first-order valence-electron chi connectivity index (χ1n) is 5.03. The topological polar surface area (TPSA) is 12.0 Å². The summed E-state index contributed by atoms with van der Waals surface area (Å²) in [4.78, 5) is 1.30. The Bertz CT molecular complexity index is 513. The van der Waals surface area contributed by atoms with E-state index in [1.807, 2.05) is 18.2 Å². The van der Waals surface area contributed by atoms with E-state index in [2.05, 4.69) is 48.6 Å². The van der Waals surface area contributed by atoms with Gasteiger partial charge in [-0.2, -0.15) is 0 Å². The number of rotatable bonds is 4. The molecular weight excluding hydrogens is 385 g/mol. The molecule has 0 saturated carbocycles. The largest absolute Gasteiger partial charge is 0.308 e. The number of halogens is 3. The van der Waals surface area contributed by atoms with Crippen molar-refractivity contribution in [3.8, 4) is 0 Å². The fraction of sp³-hybridized carbons (Fsp3) is 0.167. The Balaban J connectivity index is 1.92. The van der Waals surface area contributed by atoms with Gasteiger partial charge in [-0.25, -0.2) is 0 Å². The molecule has 17 heavy (non-hydrogen) atoms. The Kier molecular flexibility index (Phi) is 5.06. The van der Waals surface area contributed by atoms with Gasteiger partial charge in [0.2, 0.25) is 0 Å². The van der Waals surface area contributed by atoms with Crippen molar-refractivity contribution in [2.24, 2.45) is 0 Å². The van der Waals surface area contributed by atoms with Crippen LogP contribution in [0.2, 0.25) is 5.02 Å². The fourth-order valence-electron chi connectivity index (χ4n) is 1.43. The summed E-state index contributed by atoms with van der Waals surface area (Å²) in [5, 5.41) is 6.25. The highest BCUT2D eigenvalue weighted by Gasteiger charge is 2.03. The van der Waals surface area contributed by atoms with Crippen molar-refractivity contribution in [2.75, 3.05) is 0 Å². The van der Waals surface area contributed by atoms with E-state index in [-0.39, 0.29) is 0 Å². The monoisotopic (exact) mass is 393 g/mol. The summed E-state index contributed by atoms with van der Waals surface area (Å²) in [7, 11) is 0. The zero-order valence-electron chi connectivity index (χ0n) is 8.84. The van der Waals surface area contributed by atoms with Crippen LogP contribution in [0.3, 0.4) is 0 Å². The molecule has 1 heterocycles. The molecule has 0 atom stereocenters. The number of hydrogen-bond donors (Lipinski definition) is 1. The van der Waals surface area contributed by atoms with Gasteiger partial charge in [-0.1, -0.05) is 33.6 Å². The van der Waals surface area contributed by atoms with Crippen molar-refractivity contribution in [1.82, 2.24) is 5.32 Å². The number of nitrogens with one attached hydrogen (secondary N) is 1. The Morgan fingerprint density at radius 3 is 2.65 bits per heavy atom. The van der Waals surface area contributed by atoms with E-state index < -0.39 is 0 Å². The number of benzene rings is 1. The molecule has 2 rings (SSSR count). The second-order valence-electron chi connectivity index (χ2n) is 3.53. The standard InChI is InChI=1S/C12H10Br2ClNS/c13-9-2-1-8(11(15)5-9)6-16-7-12-10(14)3-4-17-12/h1-5,16H,6-7H2. The van der Waals surface area contributed by atoms with Crippen LogP contribution in [0.5, 0.6) is 0 Å². The molecule has 0 bridgehead atoms. The van der Waals surface area contributed by atoms with Crippen molar-refractivity contribution in [3.05, 3.63) is 54.1 Å². The van der Waals surface area contributed by atoms with Crippen LogP contribution in [-0.4, -0.2) is 0 Å². The zero-order valence-corrected chi connectivity index (χ0v) is 13.6. The number of thiophene rings is 1. The van der Waals surface area contributed by atoms with Gasteiger partial charge in [-0.05, 0) is 45.1 Å². The maximum atomic E-state index is 6.14. The van der Waals surface area contributed by atoms with Gasteiger partial charge in [-0.3, -0.25) is 0 Å². The minimum atomic E-state index is 0.774. The van der Waals surface area contributed by atoms with Gasteiger partial charge in [0.05, 0.1) is 0 Å². The van der Waals surface area contributed by atoms with Gasteiger partial charge in [0.15, 0.2) is 0 Å². The first-order chi connectivity index (χ1) is 8.16. The third-order valence-corrected chi connectivity index (χ3v) is 5.08. The molecule has 1 nitrogen and oxygen atoms in total. The van der Waals surface area contributed by atoms with Gasteiger partial charge in [0.1, 0.15) is 0 Å². The summed E-state index contributed by atoms with van der Waals surface area (Å²) in [6.07, 6.45) is 0. The maximum Gasteiger partial charge on any atom is 0.0462 e. The minimum absolute atomic E-state index is 0.774. The lowest BCUT2D eigenvalue weighted by Gasteiger charge is -2.06. The Labute approximate surface area is 126 Å². The highest BCUT2D eigenvalue weighted by atomic mass is 79.9. The molecule has 1 aromatic carbocycles.